The Balaban J connectivity index is 3.26. The summed E-state index contributed by atoms with van der Waals surface area (Å²) in [6.45, 7) is 4.35. The molecular weight excluding hydrogens is 224 g/mol. The van der Waals surface area contributed by atoms with Gasteiger partial charge in [0.05, 0.1) is 12.2 Å². The van der Waals surface area contributed by atoms with Crippen molar-refractivity contribution in [2.24, 2.45) is 0 Å². The van der Waals surface area contributed by atoms with E-state index in [1.165, 1.54) is 44.9 Å². The summed E-state index contributed by atoms with van der Waals surface area (Å²) in [6, 6.07) is 0. The molecule has 0 aliphatic heterocycles. The second-order valence-electron chi connectivity index (χ2n) is 5.54. The summed E-state index contributed by atoms with van der Waals surface area (Å²) in [6.07, 6.45) is 12.9. The van der Waals surface area contributed by atoms with Gasteiger partial charge in [0.1, 0.15) is 0 Å². The van der Waals surface area contributed by atoms with Gasteiger partial charge in [-0.1, -0.05) is 78.1 Å². The Labute approximate surface area is 114 Å². The lowest BCUT2D eigenvalue weighted by Gasteiger charge is -2.17. The normalized spacial score (nSPS) is 14.7. The van der Waals surface area contributed by atoms with Crippen molar-refractivity contribution in [3.05, 3.63) is 0 Å². The van der Waals surface area contributed by atoms with Crippen LogP contribution in [0.4, 0.5) is 0 Å². The molecule has 0 heterocycles. The van der Waals surface area contributed by atoms with Gasteiger partial charge < -0.3 is 10.2 Å². The second-order valence-corrected chi connectivity index (χ2v) is 5.54. The van der Waals surface area contributed by atoms with Crippen LogP contribution in [0, 0.1) is 0 Å². The molecule has 0 aliphatic rings. The topological polar surface area (TPSA) is 40.5 Å². The third-order valence-electron chi connectivity index (χ3n) is 3.65. The van der Waals surface area contributed by atoms with Gasteiger partial charge in [-0.05, 0) is 12.8 Å². The molecule has 0 spiro atoms. The van der Waals surface area contributed by atoms with Gasteiger partial charge in [-0.25, -0.2) is 0 Å². The molecule has 2 nitrogen and oxygen atoms in total. The van der Waals surface area contributed by atoms with Crippen molar-refractivity contribution in [1.29, 1.82) is 0 Å². The van der Waals surface area contributed by atoms with Gasteiger partial charge in [0, 0.05) is 0 Å². The standard InChI is InChI=1S/C16H34O2/c1-3-5-7-8-9-10-11-12-14-16(18)15(17)13-6-4-2/h15-18H,3-14H2,1-2H3/t15-,16-/m0/s1. The van der Waals surface area contributed by atoms with Crippen molar-refractivity contribution in [1.82, 2.24) is 0 Å². The maximum Gasteiger partial charge on any atom is 0.0799 e. The van der Waals surface area contributed by atoms with E-state index in [1.54, 1.807) is 0 Å². The number of aliphatic hydroxyl groups is 2. The summed E-state index contributed by atoms with van der Waals surface area (Å²) in [5.74, 6) is 0. The maximum atomic E-state index is 9.77. The van der Waals surface area contributed by atoms with Gasteiger partial charge in [0.15, 0.2) is 0 Å². The van der Waals surface area contributed by atoms with Gasteiger partial charge in [-0.2, -0.15) is 0 Å². The molecule has 0 unspecified atom stereocenters. The van der Waals surface area contributed by atoms with Gasteiger partial charge in [-0.3, -0.25) is 0 Å². The maximum absolute atomic E-state index is 9.77. The molecule has 0 aromatic rings. The fourth-order valence-electron chi connectivity index (χ4n) is 2.29. The molecule has 0 aliphatic carbocycles. The minimum Gasteiger partial charge on any atom is -0.390 e. The van der Waals surface area contributed by atoms with Crippen LogP contribution in [0.15, 0.2) is 0 Å². The number of aliphatic hydroxyl groups excluding tert-OH is 2. The minimum absolute atomic E-state index is 0.503. The Morgan fingerprint density at radius 3 is 1.44 bits per heavy atom. The third kappa shape index (κ3) is 11.0. The van der Waals surface area contributed by atoms with Crippen molar-refractivity contribution >= 4 is 0 Å². The van der Waals surface area contributed by atoms with Gasteiger partial charge in [0.25, 0.3) is 0 Å². The Morgan fingerprint density at radius 2 is 0.944 bits per heavy atom. The summed E-state index contributed by atoms with van der Waals surface area (Å²) in [5, 5.41) is 19.5. The molecule has 0 bridgehead atoms. The summed E-state index contributed by atoms with van der Waals surface area (Å²) in [7, 11) is 0. The quantitative estimate of drug-likeness (QED) is 0.480. The van der Waals surface area contributed by atoms with E-state index in [9.17, 15) is 10.2 Å². The predicted molar refractivity (Wildman–Crippen MR) is 78.8 cm³/mol. The average molecular weight is 258 g/mol. The van der Waals surface area contributed by atoms with E-state index >= 15 is 0 Å². The number of rotatable bonds is 13. The zero-order valence-electron chi connectivity index (χ0n) is 12.5. The van der Waals surface area contributed by atoms with E-state index in [2.05, 4.69) is 13.8 Å². The summed E-state index contributed by atoms with van der Waals surface area (Å²) in [5.41, 5.74) is 0. The van der Waals surface area contributed by atoms with E-state index in [0.717, 1.165) is 32.1 Å². The Bertz CT molecular complexity index is 159. The first-order chi connectivity index (χ1) is 8.72. The fourth-order valence-corrected chi connectivity index (χ4v) is 2.29. The highest BCUT2D eigenvalue weighted by molar-refractivity contribution is 4.67. The van der Waals surface area contributed by atoms with E-state index in [4.69, 9.17) is 0 Å². The van der Waals surface area contributed by atoms with Gasteiger partial charge >= 0.3 is 0 Å². The molecule has 0 aromatic heterocycles. The smallest absolute Gasteiger partial charge is 0.0799 e. The number of hydrogen-bond donors (Lipinski definition) is 2. The zero-order valence-corrected chi connectivity index (χ0v) is 12.5. The third-order valence-corrected chi connectivity index (χ3v) is 3.65. The molecule has 2 atom stereocenters. The molecule has 0 saturated heterocycles. The van der Waals surface area contributed by atoms with Crippen molar-refractivity contribution in [2.45, 2.75) is 103 Å². The first-order valence-electron chi connectivity index (χ1n) is 8.08. The van der Waals surface area contributed by atoms with Crippen molar-refractivity contribution in [3.63, 3.8) is 0 Å². The first-order valence-corrected chi connectivity index (χ1v) is 8.08. The Kier molecular flexibility index (Phi) is 13.3. The Morgan fingerprint density at radius 1 is 0.556 bits per heavy atom. The van der Waals surface area contributed by atoms with Crippen molar-refractivity contribution in [2.75, 3.05) is 0 Å². The van der Waals surface area contributed by atoms with Crippen LogP contribution in [-0.4, -0.2) is 22.4 Å². The highest BCUT2D eigenvalue weighted by Gasteiger charge is 2.14. The lowest BCUT2D eigenvalue weighted by atomic mass is 10.0. The molecule has 18 heavy (non-hydrogen) atoms. The van der Waals surface area contributed by atoms with Crippen LogP contribution >= 0.6 is 0 Å². The minimum atomic E-state index is -0.505. The molecule has 2 N–H and O–H groups in total. The van der Waals surface area contributed by atoms with Gasteiger partial charge in [0.2, 0.25) is 0 Å². The summed E-state index contributed by atoms with van der Waals surface area (Å²) < 4.78 is 0. The zero-order chi connectivity index (χ0) is 13.6. The first kappa shape index (κ1) is 17.9. The monoisotopic (exact) mass is 258 g/mol. The SMILES string of the molecule is CCCCCCCCCC[C@H](O)[C@@H](O)CCCC. The van der Waals surface area contributed by atoms with E-state index in [1.807, 2.05) is 0 Å². The van der Waals surface area contributed by atoms with E-state index < -0.39 is 12.2 Å². The summed E-state index contributed by atoms with van der Waals surface area (Å²) in [4.78, 5) is 0. The van der Waals surface area contributed by atoms with Crippen LogP contribution in [0.2, 0.25) is 0 Å². The Hall–Kier alpha value is -0.0800. The highest BCUT2D eigenvalue weighted by atomic mass is 16.3. The van der Waals surface area contributed by atoms with Crippen LogP contribution < -0.4 is 0 Å². The van der Waals surface area contributed by atoms with Crippen LogP contribution in [-0.2, 0) is 0 Å². The van der Waals surface area contributed by atoms with Crippen LogP contribution in [0.5, 0.6) is 0 Å². The number of unbranched alkanes of at least 4 members (excludes halogenated alkanes) is 8. The molecule has 0 radical (unpaired) electrons. The van der Waals surface area contributed by atoms with Crippen molar-refractivity contribution < 1.29 is 10.2 Å². The molecule has 110 valence electrons. The molecule has 0 saturated carbocycles. The van der Waals surface area contributed by atoms with Crippen LogP contribution in [0.3, 0.4) is 0 Å². The van der Waals surface area contributed by atoms with E-state index in [-0.39, 0.29) is 0 Å². The summed E-state index contributed by atoms with van der Waals surface area (Å²) >= 11 is 0. The van der Waals surface area contributed by atoms with Crippen LogP contribution in [0.1, 0.15) is 90.9 Å². The molecule has 0 rings (SSSR count). The molecule has 0 fully saturated rings. The van der Waals surface area contributed by atoms with Crippen LogP contribution in [0.25, 0.3) is 0 Å². The fraction of sp³-hybridized carbons (Fsp3) is 1.00. The average Bonchev–Trinajstić information content (AvgIpc) is 2.38. The van der Waals surface area contributed by atoms with Gasteiger partial charge in [-0.15, -0.1) is 0 Å². The predicted octanol–water partition coefficient (Wildman–Crippen LogP) is 4.43. The second kappa shape index (κ2) is 13.4. The van der Waals surface area contributed by atoms with Crippen molar-refractivity contribution in [3.8, 4) is 0 Å². The highest BCUT2D eigenvalue weighted by Crippen LogP contribution is 2.14. The lowest BCUT2D eigenvalue weighted by Crippen LogP contribution is -2.25. The molecule has 2 heteroatoms. The van der Waals surface area contributed by atoms with E-state index in [0.29, 0.717) is 0 Å². The number of hydrogen-bond acceptors (Lipinski definition) is 2. The molecular formula is C16H34O2. The lowest BCUT2D eigenvalue weighted by molar-refractivity contribution is 0.00738. The molecule has 0 amide bonds. The molecule has 0 aromatic carbocycles. The largest absolute Gasteiger partial charge is 0.390 e.